The number of halogens is 2. The van der Waals surface area contributed by atoms with Crippen molar-refractivity contribution < 1.29 is 9.50 Å². The van der Waals surface area contributed by atoms with Gasteiger partial charge in [-0.3, -0.25) is 0 Å². The number of nitrogens with two attached hydrogens (primary N) is 1. The largest absolute Gasteiger partial charge is 0.506 e. The second-order valence-corrected chi connectivity index (χ2v) is 5.46. The van der Waals surface area contributed by atoms with Gasteiger partial charge in [0.2, 0.25) is 0 Å². The van der Waals surface area contributed by atoms with E-state index in [0.717, 1.165) is 0 Å². The van der Waals surface area contributed by atoms with Gasteiger partial charge in [0.15, 0.2) is 0 Å². The summed E-state index contributed by atoms with van der Waals surface area (Å²) in [6.45, 7) is 0. The van der Waals surface area contributed by atoms with Gasteiger partial charge in [0.1, 0.15) is 22.1 Å². The molecule has 0 fully saturated rings. The van der Waals surface area contributed by atoms with E-state index in [0.29, 0.717) is 26.5 Å². The molecular weight excluding hydrogens is 287 g/mol. The average Bonchev–Trinajstić information content (AvgIpc) is 2.76. The van der Waals surface area contributed by atoms with Crippen molar-refractivity contribution in [2.24, 2.45) is 0 Å². The SMILES string of the molecule is Nc1ccc(-c2nc3c(Cl)cc(F)cc3s2)cc1O. The molecule has 1 aromatic heterocycles. The highest BCUT2D eigenvalue weighted by Crippen LogP contribution is 2.36. The fourth-order valence-corrected chi connectivity index (χ4v) is 3.08. The second-order valence-electron chi connectivity index (χ2n) is 4.03. The number of benzene rings is 2. The molecule has 0 unspecified atom stereocenters. The zero-order valence-corrected chi connectivity index (χ0v) is 11.1. The predicted octanol–water partition coefficient (Wildman–Crippen LogP) is 4.04. The summed E-state index contributed by atoms with van der Waals surface area (Å²) in [5.74, 6) is -0.401. The molecule has 0 aliphatic heterocycles. The average molecular weight is 295 g/mol. The van der Waals surface area contributed by atoms with Gasteiger partial charge in [-0.05, 0) is 30.3 Å². The van der Waals surface area contributed by atoms with Crippen LogP contribution in [0.15, 0.2) is 30.3 Å². The van der Waals surface area contributed by atoms with E-state index in [1.54, 1.807) is 12.1 Å². The third kappa shape index (κ3) is 2.11. The smallest absolute Gasteiger partial charge is 0.139 e. The summed E-state index contributed by atoms with van der Waals surface area (Å²) >= 11 is 7.26. The zero-order valence-electron chi connectivity index (χ0n) is 9.52. The number of anilines is 1. The molecule has 3 aromatic rings. The van der Waals surface area contributed by atoms with Crippen LogP contribution in [0.1, 0.15) is 0 Å². The lowest BCUT2D eigenvalue weighted by atomic mass is 10.2. The Morgan fingerprint density at radius 3 is 2.79 bits per heavy atom. The maximum absolute atomic E-state index is 13.3. The Kier molecular flexibility index (Phi) is 2.80. The third-order valence-electron chi connectivity index (χ3n) is 2.69. The molecule has 6 heteroatoms. The van der Waals surface area contributed by atoms with Gasteiger partial charge in [-0.15, -0.1) is 11.3 Å². The Labute approximate surface area is 117 Å². The maximum atomic E-state index is 13.3. The van der Waals surface area contributed by atoms with Crippen molar-refractivity contribution in [2.75, 3.05) is 5.73 Å². The first-order valence-corrected chi connectivity index (χ1v) is 6.58. The minimum atomic E-state index is -0.396. The van der Waals surface area contributed by atoms with Crippen LogP contribution in [0.5, 0.6) is 5.75 Å². The van der Waals surface area contributed by atoms with E-state index in [2.05, 4.69) is 4.98 Å². The van der Waals surface area contributed by atoms with E-state index < -0.39 is 5.82 Å². The summed E-state index contributed by atoms with van der Waals surface area (Å²) < 4.78 is 13.9. The molecule has 0 bridgehead atoms. The third-order valence-corrected chi connectivity index (χ3v) is 4.03. The molecule has 19 heavy (non-hydrogen) atoms. The van der Waals surface area contributed by atoms with Gasteiger partial charge in [-0.25, -0.2) is 9.37 Å². The molecule has 3 nitrogen and oxygen atoms in total. The number of rotatable bonds is 1. The monoisotopic (exact) mass is 294 g/mol. The van der Waals surface area contributed by atoms with Crippen LogP contribution in [0.4, 0.5) is 10.1 Å². The van der Waals surface area contributed by atoms with Crippen molar-refractivity contribution >= 4 is 38.8 Å². The molecule has 3 rings (SSSR count). The highest BCUT2D eigenvalue weighted by molar-refractivity contribution is 7.21. The molecular formula is C13H8ClFN2OS. The van der Waals surface area contributed by atoms with Crippen LogP contribution >= 0.6 is 22.9 Å². The second kappa shape index (κ2) is 4.36. The Morgan fingerprint density at radius 1 is 1.26 bits per heavy atom. The van der Waals surface area contributed by atoms with Gasteiger partial charge >= 0.3 is 0 Å². The first-order valence-electron chi connectivity index (χ1n) is 5.39. The highest BCUT2D eigenvalue weighted by Gasteiger charge is 2.11. The van der Waals surface area contributed by atoms with Gasteiger partial charge < -0.3 is 10.8 Å². The number of fused-ring (bicyclic) bond motifs is 1. The molecule has 0 radical (unpaired) electrons. The highest BCUT2D eigenvalue weighted by atomic mass is 35.5. The Morgan fingerprint density at radius 2 is 2.05 bits per heavy atom. The van der Waals surface area contributed by atoms with E-state index >= 15 is 0 Å². The van der Waals surface area contributed by atoms with Crippen molar-refractivity contribution in [2.45, 2.75) is 0 Å². The van der Waals surface area contributed by atoms with Crippen LogP contribution < -0.4 is 5.73 Å². The summed E-state index contributed by atoms with van der Waals surface area (Å²) in [5, 5.41) is 10.5. The standard InChI is InChI=1S/C13H8ClFN2OS/c14-8-4-7(15)5-11-12(8)17-13(19-11)6-1-2-9(16)10(18)3-6/h1-5,18H,16H2. The molecule has 0 atom stereocenters. The summed E-state index contributed by atoms with van der Waals surface area (Å²) in [6.07, 6.45) is 0. The molecule has 0 saturated heterocycles. The topological polar surface area (TPSA) is 59.1 Å². The minimum absolute atomic E-state index is 0.00552. The van der Waals surface area contributed by atoms with Crippen LogP contribution in [0.2, 0.25) is 5.02 Å². The number of nitrogens with zero attached hydrogens (tertiary/aromatic N) is 1. The van der Waals surface area contributed by atoms with Crippen molar-refractivity contribution in [1.82, 2.24) is 4.98 Å². The van der Waals surface area contributed by atoms with Gasteiger partial charge in [-0.2, -0.15) is 0 Å². The number of nitrogen functional groups attached to an aromatic ring is 1. The number of hydrogen-bond donors (Lipinski definition) is 2. The number of phenolic OH excluding ortho intramolecular Hbond substituents is 1. The van der Waals surface area contributed by atoms with Gasteiger partial charge in [0.25, 0.3) is 0 Å². The van der Waals surface area contributed by atoms with Crippen molar-refractivity contribution in [1.29, 1.82) is 0 Å². The van der Waals surface area contributed by atoms with Gasteiger partial charge in [0.05, 0.1) is 15.4 Å². The number of thiazole rings is 1. The maximum Gasteiger partial charge on any atom is 0.139 e. The zero-order chi connectivity index (χ0) is 13.6. The van der Waals surface area contributed by atoms with E-state index in [-0.39, 0.29) is 10.8 Å². The quantitative estimate of drug-likeness (QED) is 0.526. The fraction of sp³-hybridized carbons (Fsp3) is 0. The molecule has 0 saturated carbocycles. The lowest BCUT2D eigenvalue weighted by molar-refractivity contribution is 0.478. The van der Waals surface area contributed by atoms with Crippen molar-refractivity contribution in [3.8, 4) is 16.3 Å². The minimum Gasteiger partial charge on any atom is -0.506 e. The number of hydrogen-bond acceptors (Lipinski definition) is 4. The van der Waals surface area contributed by atoms with E-state index in [4.69, 9.17) is 17.3 Å². The molecule has 3 N–H and O–H groups in total. The Balaban J connectivity index is 2.20. The van der Waals surface area contributed by atoms with E-state index in [1.165, 1.54) is 29.5 Å². The summed E-state index contributed by atoms with van der Waals surface area (Å²) in [4.78, 5) is 4.36. The van der Waals surface area contributed by atoms with Crippen molar-refractivity contribution in [3.63, 3.8) is 0 Å². The van der Waals surface area contributed by atoms with Crippen LogP contribution in [-0.2, 0) is 0 Å². The number of aromatic nitrogens is 1. The first-order chi connectivity index (χ1) is 9.04. The van der Waals surface area contributed by atoms with Gasteiger partial charge in [-0.1, -0.05) is 11.6 Å². The first kappa shape index (κ1) is 12.2. The molecule has 0 aliphatic rings. The van der Waals surface area contributed by atoms with Crippen molar-refractivity contribution in [3.05, 3.63) is 41.2 Å². The fourth-order valence-electron chi connectivity index (χ4n) is 1.76. The lowest BCUT2D eigenvalue weighted by Crippen LogP contribution is -1.85. The van der Waals surface area contributed by atoms with Gasteiger partial charge in [0, 0.05) is 5.56 Å². The van der Waals surface area contributed by atoms with Crippen LogP contribution in [0.3, 0.4) is 0 Å². The van der Waals surface area contributed by atoms with E-state index in [9.17, 15) is 9.50 Å². The Hall–Kier alpha value is -1.85. The normalized spacial score (nSPS) is 11.1. The summed E-state index contributed by atoms with van der Waals surface area (Å²) in [5.41, 5.74) is 7.12. The molecule has 0 aliphatic carbocycles. The predicted molar refractivity (Wildman–Crippen MR) is 76.1 cm³/mol. The molecule has 96 valence electrons. The lowest BCUT2D eigenvalue weighted by Gasteiger charge is -2.00. The van der Waals surface area contributed by atoms with E-state index in [1.807, 2.05) is 0 Å². The molecule has 0 amide bonds. The number of aromatic hydroxyl groups is 1. The van der Waals surface area contributed by atoms with Crippen LogP contribution in [0, 0.1) is 5.82 Å². The summed E-state index contributed by atoms with van der Waals surface area (Å²) in [7, 11) is 0. The summed E-state index contributed by atoms with van der Waals surface area (Å²) in [6, 6.07) is 7.49. The number of phenols is 1. The molecule has 2 aromatic carbocycles. The van der Waals surface area contributed by atoms with Crippen LogP contribution in [0.25, 0.3) is 20.8 Å². The molecule has 1 heterocycles. The van der Waals surface area contributed by atoms with Crippen LogP contribution in [-0.4, -0.2) is 10.1 Å². The molecule has 0 spiro atoms. The Bertz CT molecular complexity index is 788.